The van der Waals surface area contributed by atoms with Crippen LogP contribution in [0.15, 0.2) is 0 Å². The summed E-state index contributed by atoms with van der Waals surface area (Å²) in [5.74, 6) is 1.39. The third-order valence-corrected chi connectivity index (χ3v) is 3.51. The van der Waals surface area contributed by atoms with E-state index >= 15 is 0 Å². The summed E-state index contributed by atoms with van der Waals surface area (Å²) in [6, 6.07) is 0.0526. The Labute approximate surface area is 107 Å². The van der Waals surface area contributed by atoms with Crippen molar-refractivity contribution in [1.29, 1.82) is 0 Å². The Balaban J connectivity index is 2.02. The molecular weight excluding hydrogens is 230 g/mol. The molecule has 0 bridgehead atoms. The Morgan fingerprint density at radius 2 is 2.39 bits per heavy atom. The highest BCUT2D eigenvalue weighted by atomic mass is 16.2. The molecule has 6 heteroatoms. The van der Waals surface area contributed by atoms with Gasteiger partial charge in [0.15, 0.2) is 0 Å². The number of carbonyl (C=O) groups excluding carboxylic acids is 1. The zero-order valence-electron chi connectivity index (χ0n) is 11.0. The van der Waals surface area contributed by atoms with Crippen LogP contribution in [-0.4, -0.2) is 45.1 Å². The van der Waals surface area contributed by atoms with Crippen LogP contribution in [0.1, 0.15) is 43.1 Å². The predicted octanol–water partition coefficient (Wildman–Crippen LogP) is 0.567. The van der Waals surface area contributed by atoms with Gasteiger partial charge in [0.05, 0.1) is 0 Å². The molecule has 1 aromatic heterocycles. The number of likely N-dealkylation sites (tertiary alicyclic amines) is 1. The lowest BCUT2D eigenvalue weighted by atomic mass is 9.94. The van der Waals surface area contributed by atoms with Crippen LogP contribution in [0, 0.1) is 5.92 Å². The summed E-state index contributed by atoms with van der Waals surface area (Å²) in [6.45, 7) is 5.52. The number of nitrogens with two attached hydrogens (primary N) is 1. The summed E-state index contributed by atoms with van der Waals surface area (Å²) in [5, 5.41) is 6.79. The molecule has 0 aliphatic carbocycles. The Hall–Kier alpha value is -1.43. The van der Waals surface area contributed by atoms with E-state index in [4.69, 9.17) is 5.73 Å². The zero-order chi connectivity index (χ0) is 13.1. The number of rotatable bonds is 3. The minimum Gasteiger partial charge on any atom is -0.334 e. The molecule has 0 spiro atoms. The van der Waals surface area contributed by atoms with E-state index in [9.17, 15) is 4.79 Å². The third kappa shape index (κ3) is 2.69. The second-order valence-corrected chi connectivity index (χ2v) is 5.04. The normalized spacial score (nSPS) is 24.3. The fourth-order valence-corrected chi connectivity index (χ4v) is 2.16. The molecule has 2 atom stereocenters. The summed E-state index contributed by atoms with van der Waals surface area (Å²) in [7, 11) is 0. The van der Waals surface area contributed by atoms with Crippen molar-refractivity contribution < 1.29 is 4.79 Å². The first-order chi connectivity index (χ1) is 8.61. The average molecular weight is 251 g/mol. The monoisotopic (exact) mass is 251 g/mol. The molecule has 0 radical (unpaired) electrons. The van der Waals surface area contributed by atoms with Crippen molar-refractivity contribution in [3.63, 3.8) is 0 Å². The van der Waals surface area contributed by atoms with Gasteiger partial charge in [0, 0.05) is 25.6 Å². The predicted molar refractivity (Wildman–Crippen MR) is 68.0 cm³/mol. The van der Waals surface area contributed by atoms with Crippen LogP contribution in [0.2, 0.25) is 0 Å². The maximum atomic E-state index is 12.2. The number of aromatic nitrogens is 3. The van der Waals surface area contributed by atoms with E-state index in [0.717, 1.165) is 31.6 Å². The number of amides is 1. The second-order valence-electron chi connectivity index (χ2n) is 5.04. The van der Waals surface area contributed by atoms with Crippen LogP contribution in [0.5, 0.6) is 0 Å². The Kier molecular flexibility index (Phi) is 3.96. The third-order valence-electron chi connectivity index (χ3n) is 3.51. The minimum absolute atomic E-state index is 0.0526. The molecule has 1 aliphatic heterocycles. The number of H-pyrrole nitrogens is 1. The van der Waals surface area contributed by atoms with Gasteiger partial charge in [0.2, 0.25) is 5.82 Å². The van der Waals surface area contributed by atoms with Crippen molar-refractivity contribution in [2.24, 2.45) is 11.7 Å². The van der Waals surface area contributed by atoms with E-state index < -0.39 is 0 Å². The van der Waals surface area contributed by atoms with Gasteiger partial charge < -0.3 is 10.6 Å². The van der Waals surface area contributed by atoms with Crippen molar-refractivity contribution in [2.75, 3.05) is 13.1 Å². The SMILES string of the molecule is CCCc1nc(C(=O)N2CCC(C)C(N)C2)n[nH]1. The molecular formula is C12H21N5O. The van der Waals surface area contributed by atoms with Crippen LogP contribution in [0.4, 0.5) is 0 Å². The Morgan fingerprint density at radius 3 is 3.06 bits per heavy atom. The largest absolute Gasteiger partial charge is 0.334 e. The molecule has 2 unspecified atom stereocenters. The van der Waals surface area contributed by atoms with Gasteiger partial charge in [-0.3, -0.25) is 9.89 Å². The summed E-state index contributed by atoms with van der Waals surface area (Å²) in [6.07, 6.45) is 2.74. The van der Waals surface area contributed by atoms with Gasteiger partial charge in [0.1, 0.15) is 5.82 Å². The molecule has 1 saturated heterocycles. The van der Waals surface area contributed by atoms with Gasteiger partial charge in [-0.2, -0.15) is 0 Å². The first-order valence-electron chi connectivity index (χ1n) is 6.58. The van der Waals surface area contributed by atoms with E-state index in [1.165, 1.54) is 0 Å². The summed E-state index contributed by atoms with van der Waals surface area (Å²) in [5.41, 5.74) is 5.99. The number of nitrogens with zero attached hydrogens (tertiary/aromatic N) is 3. The number of nitrogens with one attached hydrogen (secondary N) is 1. The fourth-order valence-electron chi connectivity index (χ4n) is 2.16. The van der Waals surface area contributed by atoms with Crippen LogP contribution in [0.25, 0.3) is 0 Å². The molecule has 1 fully saturated rings. The highest BCUT2D eigenvalue weighted by Gasteiger charge is 2.28. The molecule has 6 nitrogen and oxygen atoms in total. The highest BCUT2D eigenvalue weighted by molar-refractivity contribution is 5.90. The van der Waals surface area contributed by atoms with Crippen LogP contribution < -0.4 is 5.73 Å². The van der Waals surface area contributed by atoms with Crippen molar-refractivity contribution in [3.8, 4) is 0 Å². The summed E-state index contributed by atoms with van der Waals surface area (Å²) >= 11 is 0. The van der Waals surface area contributed by atoms with Crippen LogP contribution in [0.3, 0.4) is 0 Å². The van der Waals surface area contributed by atoms with E-state index in [1.807, 2.05) is 0 Å². The van der Waals surface area contributed by atoms with E-state index in [0.29, 0.717) is 12.5 Å². The molecule has 0 aromatic carbocycles. The maximum absolute atomic E-state index is 12.2. The molecule has 18 heavy (non-hydrogen) atoms. The molecule has 100 valence electrons. The number of piperidine rings is 1. The van der Waals surface area contributed by atoms with Gasteiger partial charge in [0.25, 0.3) is 5.91 Å². The first-order valence-corrected chi connectivity index (χ1v) is 6.58. The van der Waals surface area contributed by atoms with Gasteiger partial charge in [-0.25, -0.2) is 4.98 Å². The number of carbonyl (C=O) groups is 1. The Bertz CT molecular complexity index is 416. The van der Waals surface area contributed by atoms with Gasteiger partial charge in [-0.1, -0.05) is 13.8 Å². The van der Waals surface area contributed by atoms with Crippen molar-refractivity contribution in [2.45, 2.75) is 39.2 Å². The minimum atomic E-state index is -0.115. The van der Waals surface area contributed by atoms with Gasteiger partial charge >= 0.3 is 0 Å². The molecule has 2 rings (SSSR count). The first kappa shape index (κ1) is 13.0. The number of aromatic amines is 1. The molecule has 1 aromatic rings. The Morgan fingerprint density at radius 1 is 1.61 bits per heavy atom. The van der Waals surface area contributed by atoms with E-state index in [-0.39, 0.29) is 17.8 Å². The quantitative estimate of drug-likeness (QED) is 0.822. The van der Waals surface area contributed by atoms with Crippen molar-refractivity contribution in [3.05, 3.63) is 11.6 Å². The average Bonchev–Trinajstić information content (AvgIpc) is 2.81. The van der Waals surface area contributed by atoms with Crippen molar-refractivity contribution >= 4 is 5.91 Å². The summed E-state index contributed by atoms with van der Waals surface area (Å²) < 4.78 is 0. The standard InChI is InChI=1S/C12H21N5O/c1-3-4-10-14-11(16-15-10)12(18)17-6-5-8(2)9(13)7-17/h8-9H,3-7,13H2,1-2H3,(H,14,15,16). The highest BCUT2D eigenvalue weighted by Crippen LogP contribution is 2.16. The molecule has 0 saturated carbocycles. The van der Waals surface area contributed by atoms with Gasteiger partial charge in [-0.05, 0) is 18.8 Å². The smallest absolute Gasteiger partial charge is 0.293 e. The lowest BCUT2D eigenvalue weighted by Gasteiger charge is -2.34. The number of aryl methyl sites for hydroxylation is 1. The maximum Gasteiger partial charge on any atom is 0.293 e. The topological polar surface area (TPSA) is 87.9 Å². The van der Waals surface area contributed by atoms with Crippen LogP contribution in [-0.2, 0) is 6.42 Å². The lowest BCUT2D eigenvalue weighted by molar-refractivity contribution is 0.0660. The zero-order valence-corrected chi connectivity index (χ0v) is 11.0. The van der Waals surface area contributed by atoms with E-state index in [2.05, 4.69) is 29.0 Å². The van der Waals surface area contributed by atoms with Crippen LogP contribution >= 0.6 is 0 Å². The lowest BCUT2D eigenvalue weighted by Crippen LogP contribution is -2.49. The molecule has 1 aliphatic rings. The van der Waals surface area contributed by atoms with E-state index in [1.54, 1.807) is 4.90 Å². The molecule has 3 N–H and O–H groups in total. The van der Waals surface area contributed by atoms with Crippen molar-refractivity contribution in [1.82, 2.24) is 20.1 Å². The van der Waals surface area contributed by atoms with Gasteiger partial charge in [-0.15, -0.1) is 5.10 Å². The fraction of sp³-hybridized carbons (Fsp3) is 0.750. The molecule has 2 heterocycles. The number of hydrogen-bond acceptors (Lipinski definition) is 4. The second kappa shape index (κ2) is 5.48. The summed E-state index contributed by atoms with van der Waals surface area (Å²) in [4.78, 5) is 18.2. The molecule has 1 amide bonds. The number of hydrogen-bond donors (Lipinski definition) is 2.